The Labute approximate surface area is 174 Å². The van der Waals surface area contributed by atoms with Crippen LogP contribution in [0.5, 0.6) is 5.75 Å². The lowest BCUT2D eigenvalue weighted by atomic mass is 10.2. The third kappa shape index (κ3) is 4.33. The molecule has 0 saturated heterocycles. The molecular formula is C24H22N4O2. The molecule has 0 aliphatic carbocycles. The van der Waals surface area contributed by atoms with E-state index in [0.717, 1.165) is 33.7 Å². The first-order valence-electron chi connectivity index (χ1n) is 9.53. The van der Waals surface area contributed by atoms with Gasteiger partial charge in [0, 0.05) is 37.1 Å². The molecule has 30 heavy (non-hydrogen) atoms. The number of benzene rings is 3. The number of aromatic nitrogens is 2. The van der Waals surface area contributed by atoms with Crippen LogP contribution in [0.2, 0.25) is 0 Å². The van der Waals surface area contributed by atoms with Crippen molar-refractivity contribution in [3.05, 3.63) is 78.4 Å². The summed E-state index contributed by atoms with van der Waals surface area (Å²) in [6.45, 7) is 0. The van der Waals surface area contributed by atoms with Gasteiger partial charge in [-0.1, -0.05) is 12.1 Å². The van der Waals surface area contributed by atoms with Crippen molar-refractivity contribution in [1.29, 1.82) is 0 Å². The topological polar surface area (TPSA) is 81.2 Å². The molecule has 0 bridgehead atoms. The van der Waals surface area contributed by atoms with Gasteiger partial charge in [0.15, 0.2) is 0 Å². The van der Waals surface area contributed by atoms with Crippen LogP contribution in [0, 0.1) is 0 Å². The van der Waals surface area contributed by atoms with Crippen molar-refractivity contribution in [3.63, 3.8) is 0 Å². The molecule has 6 heteroatoms. The maximum atomic E-state index is 12.2. The van der Waals surface area contributed by atoms with Gasteiger partial charge in [-0.25, -0.2) is 4.98 Å². The second-order valence-electron chi connectivity index (χ2n) is 7.17. The molecule has 0 saturated carbocycles. The number of amides is 1. The quantitative estimate of drug-likeness (QED) is 0.427. The van der Waals surface area contributed by atoms with E-state index in [9.17, 15) is 9.90 Å². The number of hydrogen-bond acceptors (Lipinski definition) is 4. The molecule has 1 aromatic heterocycles. The van der Waals surface area contributed by atoms with E-state index in [4.69, 9.17) is 0 Å². The lowest BCUT2D eigenvalue weighted by molar-refractivity contribution is -0.111. The highest BCUT2D eigenvalue weighted by Crippen LogP contribution is 2.24. The second kappa shape index (κ2) is 8.13. The van der Waals surface area contributed by atoms with Crippen molar-refractivity contribution < 1.29 is 9.90 Å². The standard InChI is InChI=1S/C24H22N4O2/c1-28(2)19-9-6-17(7-10-19)24-26-21-13-8-18(15-22(21)27-24)25-23(30)14-5-16-3-11-20(29)12-4-16/h3-15,29H,1-2H3,(H,25,30)(H,26,27). The minimum atomic E-state index is -0.238. The van der Waals surface area contributed by atoms with Gasteiger partial charge in [0.25, 0.3) is 0 Å². The van der Waals surface area contributed by atoms with Crippen LogP contribution in [-0.2, 0) is 4.79 Å². The van der Waals surface area contributed by atoms with Gasteiger partial charge in [-0.05, 0) is 66.2 Å². The van der Waals surface area contributed by atoms with Gasteiger partial charge in [0.1, 0.15) is 11.6 Å². The number of phenols is 1. The molecule has 0 unspecified atom stereocenters. The summed E-state index contributed by atoms with van der Waals surface area (Å²) in [5.41, 5.74) is 5.31. The fraction of sp³-hybridized carbons (Fsp3) is 0.0833. The van der Waals surface area contributed by atoms with Crippen LogP contribution >= 0.6 is 0 Å². The lowest BCUT2D eigenvalue weighted by Crippen LogP contribution is -2.07. The predicted octanol–water partition coefficient (Wildman–Crippen LogP) is 4.65. The maximum Gasteiger partial charge on any atom is 0.248 e. The van der Waals surface area contributed by atoms with E-state index >= 15 is 0 Å². The van der Waals surface area contributed by atoms with Crippen molar-refractivity contribution in [1.82, 2.24) is 9.97 Å². The molecule has 0 spiro atoms. The van der Waals surface area contributed by atoms with Crippen LogP contribution in [0.4, 0.5) is 11.4 Å². The fourth-order valence-electron chi connectivity index (χ4n) is 3.08. The number of carbonyl (C=O) groups excluding carboxylic acids is 1. The number of anilines is 2. The molecule has 4 rings (SSSR count). The second-order valence-corrected chi connectivity index (χ2v) is 7.17. The number of nitrogens with zero attached hydrogens (tertiary/aromatic N) is 2. The number of nitrogens with one attached hydrogen (secondary N) is 2. The van der Waals surface area contributed by atoms with E-state index < -0.39 is 0 Å². The smallest absolute Gasteiger partial charge is 0.248 e. The Balaban J connectivity index is 1.49. The highest BCUT2D eigenvalue weighted by atomic mass is 16.3. The minimum Gasteiger partial charge on any atom is -0.508 e. The molecule has 0 aliphatic rings. The number of hydrogen-bond donors (Lipinski definition) is 3. The van der Waals surface area contributed by atoms with Crippen molar-refractivity contribution in [2.75, 3.05) is 24.3 Å². The van der Waals surface area contributed by atoms with Gasteiger partial charge in [0.05, 0.1) is 11.0 Å². The summed E-state index contributed by atoms with van der Waals surface area (Å²) < 4.78 is 0. The van der Waals surface area contributed by atoms with Crippen molar-refractivity contribution in [2.45, 2.75) is 0 Å². The Morgan fingerprint density at radius 1 is 1.03 bits per heavy atom. The molecule has 0 atom stereocenters. The highest BCUT2D eigenvalue weighted by Gasteiger charge is 2.07. The molecule has 6 nitrogen and oxygen atoms in total. The van der Waals surface area contributed by atoms with Crippen molar-refractivity contribution >= 4 is 34.4 Å². The Morgan fingerprint density at radius 2 is 1.77 bits per heavy atom. The Bertz CT molecular complexity index is 1210. The van der Waals surface area contributed by atoms with Gasteiger partial charge in [0.2, 0.25) is 5.91 Å². The molecule has 1 amide bonds. The van der Waals surface area contributed by atoms with E-state index in [0.29, 0.717) is 5.69 Å². The maximum absolute atomic E-state index is 12.2. The van der Waals surface area contributed by atoms with E-state index in [2.05, 4.69) is 27.4 Å². The number of phenolic OH excluding ortho intramolecular Hbond substituents is 1. The normalized spacial score (nSPS) is 11.1. The van der Waals surface area contributed by atoms with E-state index in [1.165, 1.54) is 6.08 Å². The Hall–Kier alpha value is -4.06. The highest BCUT2D eigenvalue weighted by molar-refractivity contribution is 6.02. The zero-order valence-corrected chi connectivity index (χ0v) is 16.8. The molecule has 0 aliphatic heterocycles. The average Bonchev–Trinajstić information content (AvgIpc) is 3.17. The largest absolute Gasteiger partial charge is 0.508 e. The monoisotopic (exact) mass is 398 g/mol. The van der Waals surface area contributed by atoms with Crippen LogP contribution in [0.1, 0.15) is 5.56 Å². The van der Waals surface area contributed by atoms with E-state index in [-0.39, 0.29) is 11.7 Å². The first kappa shape index (κ1) is 19.3. The summed E-state index contributed by atoms with van der Waals surface area (Å²) >= 11 is 0. The SMILES string of the molecule is CN(C)c1ccc(-c2nc3cc(NC(=O)C=Cc4ccc(O)cc4)ccc3[nH]2)cc1. The van der Waals surface area contributed by atoms with Crippen LogP contribution in [0.25, 0.3) is 28.5 Å². The first-order chi connectivity index (χ1) is 14.5. The molecule has 4 aromatic rings. The summed E-state index contributed by atoms with van der Waals surface area (Å²) in [7, 11) is 4.01. The number of H-pyrrole nitrogens is 1. The number of rotatable bonds is 5. The number of carbonyl (C=O) groups is 1. The summed E-state index contributed by atoms with van der Waals surface area (Å²) in [6, 6.07) is 20.4. The predicted molar refractivity (Wildman–Crippen MR) is 122 cm³/mol. The number of fused-ring (bicyclic) bond motifs is 1. The van der Waals surface area contributed by atoms with Crippen LogP contribution < -0.4 is 10.2 Å². The molecule has 0 radical (unpaired) electrons. The Morgan fingerprint density at radius 3 is 2.47 bits per heavy atom. The summed E-state index contributed by atoms with van der Waals surface area (Å²) in [4.78, 5) is 22.3. The van der Waals surface area contributed by atoms with Gasteiger partial charge >= 0.3 is 0 Å². The molecule has 1 heterocycles. The number of aromatic hydroxyl groups is 1. The first-order valence-corrected chi connectivity index (χ1v) is 9.53. The zero-order valence-electron chi connectivity index (χ0n) is 16.8. The molecular weight excluding hydrogens is 376 g/mol. The van der Waals surface area contributed by atoms with Crippen LogP contribution in [0.15, 0.2) is 72.8 Å². The average molecular weight is 398 g/mol. The van der Waals surface area contributed by atoms with Gasteiger partial charge in [-0.15, -0.1) is 0 Å². The summed E-state index contributed by atoms with van der Waals surface area (Å²) in [6.07, 6.45) is 3.15. The summed E-state index contributed by atoms with van der Waals surface area (Å²) in [5, 5.41) is 12.2. The van der Waals surface area contributed by atoms with Crippen molar-refractivity contribution in [3.8, 4) is 17.1 Å². The van der Waals surface area contributed by atoms with Crippen molar-refractivity contribution in [2.24, 2.45) is 0 Å². The number of imidazole rings is 1. The third-order valence-corrected chi connectivity index (χ3v) is 4.73. The van der Waals surface area contributed by atoms with E-state index in [1.807, 2.05) is 49.3 Å². The lowest BCUT2D eigenvalue weighted by Gasteiger charge is -2.11. The minimum absolute atomic E-state index is 0.192. The third-order valence-electron chi connectivity index (χ3n) is 4.73. The van der Waals surface area contributed by atoms with E-state index in [1.54, 1.807) is 30.3 Å². The fourth-order valence-corrected chi connectivity index (χ4v) is 3.08. The van der Waals surface area contributed by atoms with Crippen LogP contribution in [-0.4, -0.2) is 35.1 Å². The molecule has 3 N–H and O–H groups in total. The molecule has 3 aromatic carbocycles. The van der Waals surface area contributed by atoms with Gasteiger partial charge < -0.3 is 20.3 Å². The molecule has 0 fully saturated rings. The summed E-state index contributed by atoms with van der Waals surface area (Å²) in [5.74, 6) is 0.736. The number of aromatic amines is 1. The molecule has 150 valence electrons. The van der Waals surface area contributed by atoms with Gasteiger partial charge in [-0.3, -0.25) is 4.79 Å². The Kier molecular flexibility index (Phi) is 5.22. The van der Waals surface area contributed by atoms with Gasteiger partial charge in [-0.2, -0.15) is 0 Å². The zero-order chi connectivity index (χ0) is 21.1. The van der Waals surface area contributed by atoms with Crippen LogP contribution in [0.3, 0.4) is 0 Å².